The number of phenolic OH excluding ortho intramolecular Hbond substituents is 1. The fraction of sp³-hybridized carbons (Fsp3) is 0.444. The minimum atomic E-state index is -0.704. The van der Waals surface area contributed by atoms with E-state index in [9.17, 15) is 9.90 Å². The monoisotopic (exact) mass is 515 g/mol. The first-order valence-corrected chi connectivity index (χ1v) is 12.4. The van der Waals surface area contributed by atoms with Crippen LogP contribution >= 0.6 is 0 Å². The van der Waals surface area contributed by atoms with Gasteiger partial charge in [-0.15, -0.1) is 0 Å². The average Bonchev–Trinajstić information content (AvgIpc) is 3.38. The summed E-state index contributed by atoms with van der Waals surface area (Å²) in [6.07, 6.45) is 1.66. The van der Waals surface area contributed by atoms with E-state index in [1.165, 1.54) is 6.07 Å². The Morgan fingerprint density at radius 3 is 2.62 bits per heavy atom. The fourth-order valence-electron chi connectivity index (χ4n) is 4.31. The number of hydrogen-bond donors (Lipinski definition) is 3. The Bertz CT molecular complexity index is 1070. The Morgan fingerprint density at radius 2 is 1.84 bits per heavy atom. The van der Waals surface area contributed by atoms with Gasteiger partial charge in [-0.05, 0) is 49.2 Å². The number of carbonyl (C=O) groups excluding carboxylic acids is 1. The lowest BCUT2D eigenvalue weighted by Crippen LogP contribution is -2.38. The molecule has 10 nitrogen and oxygen atoms in total. The van der Waals surface area contributed by atoms with E-state index in [0.717, 1.165) is 5.56 Å². The summed E-state index contributed by atoms with van der Waals surface area (Å²) in [4.78, 5) is 13.2. The molecule has 10 heteroatoms. The van der Waals surface area contributed by atoms with Crippen molar-refractivity contribution in [3.05, 3.63) is 59.9 Å². The van der Waals surface area contributed by atoms with Crippen LogP contribution in [0, 0.1) is 5.92 Å². The molecule has 0 aromatic heterocycles. The first kappa shape index (κ1) is 26.7. The third kappa shape index (κ3) is 6.92. The van der Waals surface area contributed by atoms with Crippen molar-refractivity contribution >= 4 is 11.6 Å². The molecule has 2 aliphatic heterocycles. The Kier molecular flexibility index (Phi) is 9.61. The molecular formula is C27H33NO9. The molecule has 2 aromatic carbocycles. The normalized spacial score (nSPS) is 20.3. The highest BCUT2D eigenvalue weighted by atomic mass is 16.7. The van der Waals surface area contributed by atoms with Crippen molar-refractivity contribution in [3.63, 3.8) is 0 Å². The zero-order valence-electron chi connectivity index (χ0n) is 20.8. The number of hydrogen-bond acceptors (Lipinski definition) is 9. The summed E-state index contributed by atoms with van der Waals surface area (Å²) >= 11 is 0. The quantitative estimate of drug-likeness (QED) is 0.272. The number of carbonyl (C=O) groups is 1. The Labute approximate surface area is 215 Å². The van der Waals surface area contributed by atoms with E-state index in [-0.39, 0.29) is 49.0 Å². The van der Waals surface area contributed by atoms with Gasteiger partial charge >= 0.3 is 0 Å². The summed E-state index contributed by atoms with van der Waals surface area (Å²) in [5, 5.41) is 21.6. The van der Waals surface area contributed by atoms with Crippen LogP contribution in [0.5, 0.6) is 17.2 Å². The van der Waals surface area contributed by atoms with Crippen molar-refractivity contribution in [2.45, 2.75) is 25.6 Å². The van der Waals surface area contributed by atoms with E-state index in [4.69, 9.17) is 33.5 Å². The second-order valence-corrected chi connectivity index (χ2v) is 8.48. The van der Waals surface area contributed by atoms with Crippen molar-refractivity contribution in [1.29, 1.82) is 0 Å². The molecule has 0 fully saturated rings. The van der Waals surface area contributed by atoms with Crippen molar-refractivity contribution in [3.8, 4) is 17.2 Å². The summed E-state index contributed by atoms with van der Waals surface area (Å²) < 4.78 is 34.0. The molecule has 0 spiro atoms. The summed E-state index contributed by atoms with van der Waals surface area (Å²) in [6.45, 7) is 3.87. The highest BCUT2D eigenvalue weighted by molar-refractivity contribution is 6.03. The number of aliphatic hydroxyl groups excluding tert-OH is 1. The molecule has 0 saturated heterocycles. The van der Waals surface area contributed by atoms with Crippen molar-refractivity contribution in [1.82, 2.24) is 0 Å². The Hall–Kier alpha value is -3.31. The number of benzene rings is 2. The highest BCUT2D eigenvalue weighted by Crippen LogP contribution is 2.42. The molecule has 0 saturated carbocycles. The molecule has 2 heterocycles. The number of aromatic hydroxyl groups is 1. The number of fused-ring (bicyclic) bond motifs is 1. The van der Waals surface area contributed by atoms with Gasteiger partial charge in [0.05, 0.1) is 32.1 Å². The van der Waals surface area contributed by atoms with Crippen LogP contribution in [-0.4, -0.2) is 68.8 Å². The number of ether oxygens (including phenoxy) is 6. The Morgan fingerprint density at radius 1 is 1.05 bits per heavy atom. The molecule has 3 atom stereocenters. The molecule has 0 radical (unpaired) electrons. The van der Waals surface area contributed by atoms with E-state index in [2.05, 4.69) is 5.32 Å². The third-order valence-electron chi connectivity index (χ3n) is 6.08. The van der Waals surface area contributed by atoms with Gasteiger partial charge in [0.1, 0.15) is 5.75 Å². The second kappa shape index (κ2) is 13.3. The maximum Gasteiger partial charge on any atom is 0.290 e. The van der Waals surface area contributed by atoms with Crippen LogP contribution in [0.4, 0.5) is 5.69 Å². The van der Waals surface area contributed by atoms with Gasteiger partial charge < -0.3 is 44.0 Å². The highest BCUT2D eigenvalue weighted by Gasteiger charge is 2.38. The zero-order chi connectivity index (χ0) is 26.0. The molecule has 200 valence electrons. The van der Waals surface area contributed by atoms with Gasteiger partial charge in [-0.1, -0.05) is 18.2 Å². The number of anilines is 1. The molecule has 37 heavy (non-hydrogen) atoms. The standard InChI is InChI=1S/C27H33NO9/c1-2-34-27-19(9-11-32-13-14-33-12-10-29)20(18-7-8-23-24(15-18)36-17-35-23)16-25(37-27)26(31)28-21-5-3-4-6-22(21)30/h3-8,15-16,19-20,27,29-30H,2,9-14,17H2,1H3,(H,28,31)/t19-,20-,27-/m1/s1. The molecule has 2 aliphatic rings. The summed E-state index contributed by atoms with van der Waals surface area (Å²) in [5.74, 6) is 0.452. The van der Waals surface area contributed by atoms with Gasteiger partial charge in [-0.2, -0.15) is 0 Å². The number of phenols is 1. The molecule has 0 aliphatic carbocycles. The predicted molar refractivity (Wildman–Crippen MR) is 133 cm³/mol. The number of amides is 1. The largest absolute Gasteiger partial charge is 0.506 e. The Balaban J connectivity index is 1.56. The van der Waals surface area contributed by atoms with Gasteiger partial charge in [-0.25, -0.2) is 0 Å². The second-order valence-electron chi connectivity index (χ2n) is 8.48. The lowest BCUT2D eigenvalue weighted by atomic mass is 9.81. The van der Waals surface area contributed by atoms with Gasteiger partial charge in [-0.3, -0.25) is 4.79 Å². The number of rotatable bonds is 13. The molecule has 0 bridgehead atoms. The van der Waals surface area contributed by atoms with Crippen molar-refractivity contribution < 1.29 is 43.4 Å². The molecule has 4 rings (SSSR count). The predicted octanol–water partition coefficient (Wildman–Crippen LogP) is 3.15. The van der Waals surface area contributed by atoms with Crippen LogP contribution in [-0.2, 0) is 23.7 Å². The van der Waals surface area contributed by atoms with E-state index in [1.807, 2.05) is 25.1 Å². The van der Waals surface area contributed by atoms with Crippen LogP contribution in [0.15, 0.2) is 54.3 Å². The van der Waals surface area contributed by atoms with Crippen molar-refractivity contribution in [2.75, 3.05) is 51.8 Å². The SMILES string of the molecule is CCO[C@@H]1OC(C(=O)Nc2ccccc2O)=C[C@H](c2ccc3c(c2)OCO3)[C@H]1CCOCCOCCO. The van der Waals surface area contributed by atoms with Gasteiger partial charge in [0.2, 0.25) is 13.1 Å². The number of aliphatic hydroxyl groups is 1. The van der Waals surface area contributed by atoms with Crippen LogP contribution in [0.2, 0.25) is 0 Å². The summed E-state index contributed by atoms with van der Waals surface area (Å²) in [6, 6.07) is 12.2. The van der Waals surface area contributed by atoms with E-state index in [1.54, 1.807) is 24.3 Å². The van der Waals surface area contributed by atoms with Crippen LogP contribution in [0.3, 0.4) is 0 Å². The van der Waals surface area contributed by atoms with Crippen LogP contribution < -0.4 is 14.8 Å². The maximum atomic E-state index is 13.2. The molecular weight excluding hydrogens is 482 g/mol. The minimum Gasteiger partial charge on any atom is -0.506 e. The molecule has 3 N–H and O–H groups in total. The van der Waals surface area contributed by atoms with Crippen LogP contribution in [0.1, 0.15) is 24.8 Å². The topological polar surface area (TPSA) is 125 Å². The van der Waals surface area contributed by atoms with Gasteiger partial charge in [0, 0.05) is 25.0 Å². The number of nitrogens with one attached hydrogen (secondary N) is 1. The fourth-order valence-corrected chi connectivity index (χ4v) is 4.31. The maximum absolute atomic E-state index is 13.2. The first-order valence-electron chi connectivity index (χ1n) is 12.4. The minimum absolute atomic E-state index is 0.0290. The average molecular weight is 516 g/mol. The van der Waals surface area contributed by atoms with E-state index >= 15 is 0 Å². The van der Waals surface area contributed by atoms with Crippen LogP contribution in [0.25, 0.3) is 0 Å². The van der Waals surface area contributed by atoms with Gasteiger partial charge in [0.15, 0.2) is 17.3 Å². The lowest BCUT2D eigenvalue weighted by Gasteiger charge is -2.37. The van der Waals surface area contributed by atoms with Crippen molar-refractivity contribution in [2.24, 2.45) is 5.92 Å². The smallest absolute Gasteiger partial charge is 0.290 e. The summed E-state index contributed by atoms with van der Waals surface area (Å²) in [7, 11) is 0. The van der Waals surface area contributed by atoms with Gasteiger partial charge in [0.25, 0.3) is 5.91 Å². The zero-order valence-corrected chi connectivity index (χ0v) is 20.8. The lowest BCUT2D eigenvalue weighted by molar-refractivity contribution is -0.166. The van der Waals surface area contributed by atoms with E-state index < -0.39 is 12.2 Å². The third-order valence-corrected chi connectivity index (χ3v) is 6.08. The molecule has 0 unspecified atom stereocenters. The molecule has 2 aromatic rings. The summed E-state index contributed by atoms with van der Waals surface area (Å²) in [5.41, 5.74) is 1.20. The molecule has 1 amide bonds. The number of allylic oxidation sites excluding steroid dienone is 1. The number of para-hydroxylation sites is 2. The first-order chi connectivity index (χ1) is 18.1. The van der Waals surface area contributed by atoms with E-state index in [0.29, 0.717) is 44.3 Å².